The third-order valence-corrected chi connectivity index (χ3v) is 4.28. The van der Waals surface area contributed by atoms with Crippen LogP contribution < -0.4 is 4.72 Å². The molecule has 0 unspecified atom stereocenters. The third-order valence-electron chi connectivity index (χ3n) is 2.25. The summed E-state index contributed by atoms with van der Waals surface area (Å²) in [5.41, 5.74) is -0.301. The highest BCUT2D eigenvalue weighted by molar-refractivity contribution is 7.87. The van der Waals surface area contributed by atoms with Gasteiger partial charge in [0.25, 0.3) is 10.2 Å². The lowest BCUT2D eigenvalue weighted by Crippen LogP contribution is -2.58. The molecule has 0 amide bonds. The summed E-state index contributed by atoms with van der Waals surface area (Å²) in [4.78, 5) is 0. The van der Waals surface area contributed by atoms with Gasteiger partial charge in [-0.25, -0.2) is 0 Å². The van der Waals surface area contributed by atoms with Gasteiger partial charge in [-0.2, -0.15) is 17.4 Å². The van der Waals surface area contributed by atoms with Crippen LogP contribution in [0.2, 0.25) is 0 Å². The van der Waals surface area contributed by atoms with E-state index < -0.39 is 10.2 Å². The van der Waals surface area contributed by atoms with Crippen molar-refractivity contribution >= 4 is 10.2 Å². The van der Waals surface area contributed by atoms with Crippen molar-refractivity contribution < 1.29 is 8.42 Å². The summed E-state index contributed by atoms with van der Waals surface area (Å²) in [6.07, 6.45) is 0.852. The highest BCUT2D eigenvalue weighted by atomic mass is 32.2. The van der Waals surface area contributed by atoms with Crippen LogP contribution in [-0.2, 0) is 10.2 Å². The van der Waals surface area contributed by atoms with E-state index in [1.54, 1.807) is 0 Å². The standard InChI is InChI=1S/C8H18N2O2S/c1-7(2)10-6-5-8(3,4)9-13(10,11)12/h7,9H,5-6H2,1-4H3. The quantitative estimate of drug-likeness (QED) is 0.687. The Morgan fingerprint density at radius 1 is 1.38 bits per heavy atom. The van der Waals surface area contributed by atoms with E-state index in [2.05, 4.69) is 4.72 Å². The topological polar surface area (TPSA) is 49.4 Å². The minimum atomic E-state index is -3.25. The number of hydrogen-bond donors (Lipinski definition) is 1. The van der Waals surface area contributed by atoms with Crippen molar-refractivity contribution in [1.29, 1.82) is 0 Å². The Bertz CT molecular complexity index is 283. The molecule has 1 aliphatic rings. The van der Waals surface area contributed by atoms with Crippen LogP contribution in [0.3, 0.4) is 0 Å². The Labute approximate surface area is 80.5 Å². The van der Waals surface area contributed by atoms with Crippen LogP contribution in [0.15, 0.2) is 0 Å². The first kappa shape index (κ1) is 10.9. The zero-order chi connectivity index (χ0) is 10.3. The second-order valence-electron chi connectivity index (χ2n) is 4.45. The Morgan fingerprint density at radius 2 is 1.92 bits per heavy atom. The SMILES string of the molecule is CC(C)N1CCC(C)(C)NS1(=O)=O. The minimum Gasteiger partial charge on any atom is -0.196 e. The average Bonchev–Trinajstić information content (AvgIpc) is 1.79. The molecule has 1 rings (SSSR count). The number of nitrogens with zero attached hydrogens (tertiary/aromatic N) is 1. The molecule has 0 aromatic carbocycles. The molecule has 0 aromatic rings. The van der Waals surface area contributed by atoms with Gasteiger partial charge in [-0.3, -0.25) is 0 Å². The molecule has 1 heterocycles. The molecular formula is C8H18N2O2S. The Morgan fingerprint density at radius 3 is 2.31 bits per heavy atom. The smallest absolute Gasteiger partial charge is 0.196 e. The van der Waals surface area contributed by atoms with Crippen molar-refractivity contribution in [2.75, 3.05) is 6.54 Å². The summed E-state index contributed by atoms with van der Waals surface area (Å²) in [6.45, 7) is 8.19. The first-order chi connectivity index (χ1) is 5.75. The van der Waals surface area contributed by atoms with Crippen molar-refractivity contribution in [3.8, 4) is 0 Å². The molecule has 4 nitrogen and oxygen atoms in total. The fraction of sp³-hybridized carbons (Fsp3) is 1.00. The zero-order valence-electron chi connectivity index (χ0n) is 8.66. The van der Waals surface area contributed by atoms with Gasteiger partial charge in [0.1, 0.15) is 0 Å². The van der Waals surface area contributed by atoms with Gasteiger partial charge < -0.3 is 0 Å². The highest BCUT2D eigenvalue weighted by Crippen LogP contribution is 2.21. The van der Waals surface area contributed by atoms with Crippen LogP contribution in [0.1, 0.15) is 34.1 Å². The van der Waals surface area contributed by atoms with E-state index in [-0.39, 0.29) is 11.6 Å². The van der Waals surface area contributed by atoms with Crippen LogP contribution in [0.5, 0.6) is 0 Å². The van der Waals surface area contributed by atoms with E-state index in [1.165, 1.54) is 4.31 Å². The first-order valence-corrected chi connectivity index (χ1v) is 5.99. The van der Waals surface area contributed by atoms with Crippen LogP contribution >= 0.6 is 0 Å². The zero-order valence-corrected chi connectivity index (χ0v) is 9.48. The van der Waals surface area contributed by atoms with Gasteiger partial charge in [0.05, 0.1) is 0 Å². The van der Waals surface area contributed by atoms with Crippen LogP contribution in [-0.4, -0.2) is 30.8 Å². The van der Waals surface area contributed by atoms with Crippen molar-refractivity contribution in [3.63, 3.8) is 0 Å². The fourth-order valence-corrected chi connectivity index (χ4v) is 3.31. The van der Waals surface area contributed by atoms with Gasteiger partial charge in [-0.05, 0) is 34.1 Å². The van der Waals surface area contributed by atoms with Crippen molar-refractivity contribution in [3.05, 3.63) is 0 Å². The van der Waals surface area contributed by atoms with E-state index in [4.69, 9.17) is 0 Å². The third kappa shape index (κ3) is 2.42. The summed E-state index contributed by atoms with van der Waals surface area (Å²) in [6, 6.07) is 0.0357. The normalized spacial score (nSPS) is 27.8. The summed E-state index contributed by atoms with van der Waals surface area (Å²) < 4.78 is 27.5. The Kier molecular flexibility index (Phi) is 2.71. The molecule has 0 bridgehead atoms. The molecule has 1 aliphatic heterocycles. The van der Waals surface area contributed by atoms with Gasteiger partial charge in [-0.1, -0.05) is 0 Å². The fourth-order valence-electron chi connectivity index (χ4n) is 1.50. The maximum absolute atomic E-state index is 11.7. The van der Waals surface area contributed by atoms with Gasteiger partial charge in [-0.15, -0.1) is 0 Å². The van der Waals surface area contributed by atoms with Crippen molar-refractivity contribution in [2.24, 2.45) is 0 Å². The average molecular weight is 206 g/mol. The van der Waals surface area contributed by atoms with Gasteiger partial charge in [0, 0.05) is 18.1 Å². The van der Waals surface area contributed by atoms with E-state index in [0.717, 1.165) is 6.42 Å². The van der Waals surface area contributed by atoms with E-state index in [1.807, 2.05) is 27.7 Å². The molecule has 0 spiro atoms. The lowest BCUT2D eigenvalue weighted by atomic mass is 10.0. The molecule has 0 atom stereocenters. The number of rotatable bonds is 1. The lowest BCUT2D eigenvalue weighted by Gasteiger charge is -2.38. The number of hydrogen-bond acceptors (Lipinski definition) is 2. The maximum Gasteiger partial charge on any atom is 0.280 e. The molecule has 78 valence electrons. The Balaban J connectivity index is 2.87. The molecule has 13 heavy (non-hydrogen) atoms. The molecule has 1 saturated heterocycles. The maximum atomic E-state index is 11.7. The van der Waals surface area contributed by atoms with E-state index in [0.29, 0.717) is 6.54 Å². The highest BCUT2D eigenvalue weighted by Gasteiger charge is 2.36. The van der Waals surface area contributed by atoms with Crippen molar-refractivity contribution in [2.45, 2.75) is 45.7 Å². The van der Waals surface area contributed by atoms with Crippen LogP contribution in [0, 0.1) is 0 Å². The van der Waals surface area contributed by atoms with Gasteiger partial charge >= 0.3 is 0 Å². The lowest BCUT2D eigenvalue weighted by molar-refractivity contribution is 0.263. The Hall–Kier alpha value is -0.130. The molecule has 0 aliphatic carbocycles. The monoisotopic (exact) mass is 206 g/mol. The summed E-state index contributed by atoms with van der Waals surface area (Å²) in [5.74, 6) is 0. The van der Waals surface area contributed by atoms with Crippen LogP contribution in [0.25, 0.3) is 0 Å². The van der Waals surface area contributed by atoms with E-state index in [9.17, 15) is 8.42 Å². The predicted molar refractivity (Wildman–Crippen MR) is 52.6 cm³/mol. The second-order valence-corrected chi connectivity index (χ2v) is 6.07. The second kappa shape index (κ2) is 3.22. The number of nitrogens with one attached hydrogen (secondary N) is 1. The molecule has 0 radical (unpaired) electrons. The molecule has 0 saturated carbocycles. The minimum absolute atomic E-state index is 0.0357. The van der Waals surface area contributed by atoms with E-state index >= 15 is 0 Å². The largest absolute Gasteiger partial charge is 0.280 e. The van der Waals surface area contributed by atoms with Gasteiger partial charge in [0.15, 0.2) is 0 Å². The summed E-state index contributed by atoms with van der Waals surface area (Å²) >= 11 is 0. The molecular weight excluding hydrogens is 188 g/mol. The molecule has 5 heteroatoms. The summed E-state index contributed by atoms with van der Waals surface area (Å²) in [7, 11) is -3.25. The van der Waals surface area contributed by atoms with Gasteiger partial charge in [0.2, 0.25) is 0 Å². The van der Waals surface area contributed by atoms with Crippen LogP contribution in [0.4, 0.5) is 0 Å². The molecule has 1 N–H and O–H groups in total. The predicted octanol–water partition coefficient (Wildman–Crippen LogP) is 0.714. The molecule has 1 fully saturated rings. The summed E-state index contributed by atoms with van der Waals surface area (Å²) in [5, 5.41) is 0. The first-order valence-electron chi connectivity index (χ1n) is 4.55. The van der Waals surface area contributed by atoms with Crippen molar-refractivity contribution in [1.82, 2.24) is 9.03 Å². The molecule has 0 aromatic heterocycles.